The van der Waals surface area contributed by atoms with Crippen LogP contribution < -0.4 is 0 Å². The zero-order valence-electron chi connectivity index (χ0n) is 11.1. The van der Waals surface area contributed by atoms with Gasteiger partial charge in [-0.05, 0) is 26.0 Å². The molecule has 0 radical (unpaired) electrons. The fraction of sp³-hybridized carbons (Fsp3) is 0.500. The van der Waals surface area contributed by atoms with Crippen LogP contribution in [0.4, 0.5) is 8.78 Å². The van der Waals surface area contributed by atoms with E-state index in [0.29, 0.717) is 0 Å². The van der Waals surface area contributed by atoms with Crippen LogP contribution in [0.2, 0.25) is 0 Å². The predicted octanol–water partition coefficient (Wildman–Crippen LogP) is 2.97. The Labute approximate surface area is 116 Å². The van der Waals surface area contributed by atoms with E-state index in [2.05, 4.69) is 13.8 Å². The fourth-order valence-corrected chi connectivity index (χ4v) is 3.47. The van der Waals surface area contributed by atoms with Gasteiger partial charge in [-0.1, -0.05) is 6.07 Å². The van der Waals surface area contributed by atoms with Gasteiger partial charge < -0.3 is 0 Å². The molecule has 2 nitrogen and oxygen atoms in total. The lowest BCUT2D eigenvalue weighted by Gasteiger charge is -2.37. The van der Waals surface area contributed by atoms with Gasteiger partial charge in [0, 0.05) is 23.6 Å². The lowest BCUT2D eigenvalue weighted by atomic mass is 10.1. The van der Waals surface area contributed by atoms with Gasteiger partial charge in [-0.3, -0.25) is 9.69 Å². The Morgan fingerprint density at radius 2 is 2.00 bits per heavy atom. The molecule has 5 heteroatoms. The van der Waals surface area contributed by atoms with Crippen molar-refractivity contribution in [3.8, 4) is 0 Å². The molecule has 1 saturated heterocycles. The van der Waals surface area contributed by atoms with E-state index in [9.17, 15) is 13.6 Å². The van der Waals surface area contributed by atoms with E-state index in [1.807, 2.05) is 16.7 Å². The van der Waals surface area contributed by atoms with E-state index in [-0.39, 0.29) is 11.3 Å². The number of thioether (sulfide) groups is 1. The highest BCUT2D eigenvalue weighted by atomic mass is 32.2. The number of Topliss-reactive ketones (excluding diaryl/α,β-unsaturated/α-hetero) is 1. The van der Waals surface area contributed by atoms with Crippen LogP contribution >= 0.6 is 11.8 Å². The Morgan fingerprint density at radius 3 is 2.58 bits per heavy atom. The van der Waals surface area contributed by atoms with Crippen molar-refractivity contribution < 1.29 is 13.6 Å². The number of hydrogen-bond acceptors (Lipinski definition) is 3. The number of carbonyl (C=O) groups is 1. The van der Waals surface area contributed by atoms with Crippen LogP contribution in [-0.2, 0) is 0 Å². The summed E-state index contributed by atoms with van der Waals surface area (Å²) >= 11 is 1.85. The lowest BCUT2D eigenvalue weighted by Crippen LogP contribution is -2.45. The van der Waals surface area contributed by atoms with E-state index in [0.717, 1.165) is 31.0 Å². The molecule has 1 aliphatic rings. The summed E-state index contributed by atoms with van der Waals surface area (Å²) < 4.78 is 27.1. The average molecular weight is 285 g/mol. The van der Waals surface area contributed by atoms with Gasteiger partial charge in [-0.2, -0.15) is 11.8 Å². The SMILES string of the molecule is CC1(C)CN(CC(=O)c2c(F)cccc2F)CCS1. The zero-order valence-corrected chi connectivity index (χ0v) is 11.9. The third-order valence-corrected chi connectivity index (χ3v) is 4.41. The second-order valence-electron chi connectivity index (χ2n) is 5.34. The molecule has 0 N–H and O–H groups in total. The van der Waals surface area contributed by atoms with Crippen LogP contribution in [0, 0.1) is 11.6 Å². The van der Waals surface area contributed by atoms with Crippen LogP contribution in [0.5, 0.6) is 0 Å². The number of carbonyl (C=O) groups excluding carboxylic acids is 1. The van der Waals surface area contributed by atoms with Crippen molar-refractivity contribution in [2.75, 3.05) is 25.4 Å². The minimum Gasteiger partial charge on any atom is -0.294 e. The molecule has 0 aliphatic carbocycles. The third-order valence-electron chi connectivity index (χ3n) is 3.11. The van der Waals surface area contributed by atoms with Crippen molar-refractivity contribution in [1.29, 1.82) is 0 Å². The Kier molecular flexibility index (Phi) is 4.26. The number of hydrogen-bond donors (Lipinski definition) is 0. The maximum Gasteiger partial charge on any atom is 0.182 e. The summed E-state index contributed by atoms with van der Waals surface area (Å²) in [6.07, 6.45) is 0. The lowest BCUT2D eigenvalue weighted by molar-refractivity contribution is 0.0919. The Morgan fingerprint density at radius 1 is 1.37 bits per heavy atom. The van der Waals surface area contributed by atoms with Crippen molar-refractivity contribution in [3.63, 3.8) is 0 Å². The first-order valence-electron chi connectivity index (χ1n) is 6.22. The largest absolute Gasteiger partial charge is 0.294 e. The van der Waals surface area contributed by atoms with E-state index >= 15 is 0 Å². The predicted molar refractivity (Wildman–Crippen MR) is 73.7 cm³/mol. The quantitative estimate of drug-likeness (QED) is 0.796. The molecule has 0 bridgehead atoms. The zero-order chi connectivity index (χ0) is 14.0. The maximum absolute atomic E-state index is 13.5. The molecule has 0 aromatic heterocycles. The summed E-state index contributed by atoms with van der Waals surface area (Å²) in [4.78, 5) is 14.0. The number of ketones is 1. The van der Waals surface area contributed by atoms with Gasteiger partial charge in [0.05, 0.1) is 12.1 Å². The smallest absolute Gasteiger partial charge is 0.182 e. The highest BCUT2D eigenvalue weighted by molar-refractivity contribution is 8.00. The molecule has 1 aliphatic heterocycles. The average Bonchev–Trinajstić information content (AvgIpc) is 2.27. The Bertz CT molecular complexity index is 470. The standard InChI is InChI=1S/C14H17F2NOS/c1-14(2)9-17(6-7-19-14)8-12(18)13-10(15)4-3-5-11(13)16/h3-5H,6-9H2,1-2H3. The topological polar surface area (TPSA) is 20.3 Å². The minimum absolute atomic E-state index is 0.0713. The number of benzene rings is 1. The Balaban J connectivity index is 2.09. The van der Waals surface area contributed by atoms with Crippen LogP contribution in [-0.4, -0.2) is 40.8 Å². The highest BCUT2D eigenvalue weighted by Crippen LogP contribution is 2.29. The molecule has 0 unspecified atom stereocenters. The number of rotatable bonds is 3. The van der Waals surface area contributed by atoms with Crippen LogP contribution in [0.15, 0.2) is 18.2 Å². The number of nitrogens with zero attached hydrogens (tertiary/aromatic N) is 1. The molecule has 104 valence electrons. The number of halogens is 2. The van der Waals surface area contributed by atoms with Crippen molar-refractivity contribution in [2.45, 2.75) is 18.6 Å². The van der Waals surface area contributed by atoms with Gasteiger partial charge in [-0.15, -0.1) is 0 Å². The maximum atomic E-state index is 13.5. The van der Waals surface area contributed by atoms with Gasteiger partial charge >= 0.3 is 0 Å². The molecule has 2 rings (SSSR count). The van der Waals surface area contributed by atoms with E-state index < -0.39 is 23.0 Å². The van der Waals surface area contributed by atoms with Crippen LogP contribution in [0.3, 0.4) is 0 Å². The summed E-state index contributed by atoms with van der Waals surface area (Å²) in [6, 6.07) is 3.50. The second-order valence-corrected chi connectivity index (χ2v) is 7.14. The molecule has 0 atom stereocenters. The first-order chi connectivity index (χ1) is 8.89. The second kappa shape index (κ2) is 5.59. The summed E-state index contributed by atoms with van der Waals surface area (Å²) in [7, 11) is 0. The van der Waals surface area contributed by atoms with Crippen LogP contribution in [0.1, 0.15) is 24.2 Å². The van der Waals surface area contributed by atoms with Crippen molar-refractivity contribution in [2.24, 2.45) is 0 Å². The van der Waals surface area contributed by atoms with Crippen molar-refractivity contribution in [3.05, 3.63) is 35.4 Å². The molecule has 0 saturated carbocycles. The third kappa shape index (κ3) is 3.54. The first-order valence-corrected chi connectivity index (χ1v) is 7.21. The molecule has 0 amide bonds. The van der Waals surface area contributed by atoms with Gasteiger partial charge in [-0.25, -0.2) is 8.78 Å². The highest BCUT2D eigenvalue weighted by Gasteiger charge is 2.29. The van der Waals surface area contributed by atoms with E-state index in [1.165, 1.54) is 6.07 Å². The molecule has 19 heavy (non-hydrogen) atoms. The van der Waals surface area contributed by atoms with E-state index in [1.54, 1.807) is 0 Å². The summed E-state index contributed by atoms with van der Waals surface area (Å²) in [5.41, 5.74) is -0.418. The molecular weight excluding hydrogens is 268 g/mol. The van der Waals surface area contributed by atoms with Crippen molar-refractivity contribution >= 4 is 17.5 Å². The summed E-state index contributed by atoms with van der Waals surface area (Å²) in [5, 5.41) is 0. The first kappa shape index (κ1) is 14.5. The van der Waals surface area contributed by atoms with Gasteiger partial charge in [0.25, 0.3) is 0 Å². The molecular formula is C14H17F2NOS. The molecule has 1 aromatic carbocycles. The van der Waals surface area contributed by atoms with E-state index in [4.69, 9.17) is 0 Å². The monoisotopic (exact) mass is 285 g/mol. The molecule has 0 spiro atoms. The molecule has 1 aromatic rings. The molecule has 1 heterocycles. The van der Waals surface area contributed by atoms with Gasteiger partial charge in [0.15, 0.2) is 5.78 Å². The van der Waals surface area contributed by atoms with Crippen LogP contribution in [0.25, 0.3) is 0 Å². The fourth-order valence-electron chi connectivity index (χ4n) is 2.30. The molecule has 1 fully saturated rings. The summed E-state index contributed by atoms with van der Waals surface area (Å²) in [6.45, 7) is 5.81. The normalized spacial score (nSPS) is 19.4. The van der Waals surface area contributed by atoms with Crippen molar-refractivity contribution in [1.82, 2.24) is 4.90 Å². The summed E-state index contributed by atoms with van der Waals surface area (Å²) in [5.74, 6) is -1.12. The minimum atomic E-state index is -0.782. The Hall–Kier alpha value is -0.940. The van der Waals surface area contributed by atoms with Gasteiger partial charge in [0.2, 0.25) is 0 Å². The van der Waals surface area contributed by atoms with Gasteiger partial charge in [0.1, 0.15) is 11.6 Å².